The van der Waals surface area contributed by atoms with Gasteiger partial charge in [0.25, 0.3) is 0 Å². The van der Waals surface area contributed by atoms with Gasteiger partial charge in [-0.15, -0.1) is 0 Å². The van der Waals surface area contributed by atoms with Crippen LogP contribution in [-0.2, 0) is 0 Å². The van der Waals surface area contributed by atoms with Crippen molar-refractivity contribution in [2.24, 2.45) is 5.73 Å². The zero-order chi connectivity index (χ0) is 25.3. The molecule has 1 saturated heterocycles. The summed E-state index contributed by atoms with van der Waals surface area (Å²) in [5.74, 6) is 0.265. The summed E-state index contributed by atoms with van der Waals surface area (Å²) in [4.78, 5) is 10.1. The molecule has 0 bridgehead atoms. The van der Waals surface area contributed by atoms with Gasteiger partial charge in [-0.3, -0.25) is 10.4 Å². The molecule has 1 aliphatic heterocycles. The highest BCUT2D eigenvalue weighted by Gasteiger charge is 2.37. The summed E-state index contributed by atoms with van der Waals surface area (Å²) >= 11 is 14.8. The van der Waals surface area contributed by atoms with Gasteiger partial charge in [0.05, 0.1) is 15.8 Å². The van der Waals surface area contributed by atoms with Gasteiger partial charge < -0.3 is 20.5 Å². The molecule has 3 heterocycles. The van der Waals surface area contributed by atoms with Crippen molar-refractivity contribution < 1.29 is 9.13 Å². The van der Waals surface area contributed by atoms with Gasteiger partial charge >= 0.3 is 0 Å². The number of benzene rings is 1. The van der Waals surface area contributed by atoms with Gasteiger partial charge in [-0.2, -0.15) is 0 Å². The lowest BCUT2D eigenvalue weighted by molar-refractivity contribution is 0.227. The number of aromatic nitrogens is 2. The van der Waals surface area contributed by atoms with E-state index in [0.29, 0.717) is 51.9 Å². The zero-order valence-electron chi connectivity index (χ0n) is 18.9. The van der Waals surface area contributed by atoms with Crippen molar-refractivity contribution in [1.29, 1.82) is 5.41 Å². The van der Waals surface area contributed by atoms with Crippen LogP contribution in [-0.4, -0.2) is 34.3 Å². The Bertz CT molecular complexity index is 1250. The number of anilines is 2. The van der Waals surface area contributed by atoms with Crippen LogP contribution in [0.1, 0.15) is 36.6 Å². The average Bonchev–Trinajstić information content (AvgIpc) is 2.78. The van der Waals surface area contributed by atoms with Crippen molar-refractivity contribution in [3.05, 3.63) is 75.4 Å². The van der Waals surface area contributed by atoms with Crippen LogP contribution in [0.25, 0.3) is 0 Å². The molecule has 184 valence electrons. The minimum absolute atomic E-state index is 0.116. The number of hydrogen-bond donors (Lipinski definition) is 3. The van der Waals surface area contributed by atoms with Crippen molar-refractivity contribution >= 4 is 68.8 Å². The van der Waals surface area contributed by atoms with Gasteiger partial charge in [0.1, 0.15) is 11.9 Å². The highest BCUT2D eigenvalue weighted by Crippen LogP contribution is 2.36. The van der Waals surface area contributed by atoms with E-state index in [4.69, 9.17) is 39.1 Å². The van der Waals surface area contributed by atoms with E-state index >= 15 is 0 Å². The van der Waals surface area contributed by atoms with E-state index in [-0.39, 0.29) is 17.1 Å². The monoisotopic (exact) mass is 646 g/mol. The second kappa shape index (κ2) is 10.7. The lowest BCUT2D eigenvalue weighted by Crippen LogP contribution is -2.66. The summed E-state index contributed by atoms with van der Waals surface area (Å²) in [6.07, 6.45) is 4.44. The molecule has 1 aromatic carbocycles. The molecular formula is C23H23Cl2FIN6OP. The number of rotatable bonds is 8. The Morgan fingerprint density at radius 1 is 1.29 bits per heavy atom. The fourth-order valence-electron chi connectivity index (χ4n) is 3.97. The third-order valence-electron chi connectivity index (χ3n) is 5.57. The number of nitrogens with one attached hydrogen (secondary N) is 2. The van der Waals surface area contributed by atoms with E-state index in [1.165, 1.54) is 24.7 Å². The summed E-state index contributed by atoms with van der Waals surface area (Å²) in [7, 11) is 0. The number of nitrogens with two attached hydrogens (primary N) is 1. The van der Waals surface area contributed by atoms with Gasteiger partial charge in [-0.25, -0.2) is 9.37 Å². The summed E-state index contributed by atoms with van der Waals surface area (Å²) in [6.45, 7) is 4.81. The first-order valence-corrected chi connectivity index (χ1v) is 15.5. The van der Waals surface area contributed by atoms with Crippen molar-refractivity contribution in [3.8, 4) is 5.75 Å². The van der Waals surface area contributed by atoms with Crippen LogP contribution in [0.15, 0.2) is 42.9 Å². The first kappa shape index (κ1) is 26.3. The lowest BCUT2D eigenvalue weighted by Gasteiger charge is -2.46. The summed E-state index contributed by atoms with van der Waals surface area (Å²) in [5, 5.41) is 12.9. The maximum absolute atomic E-state index is 14.9. The topological polar surface area (TPSA) is 100 Å². The second-order valence-corrected chi connectivity index (χ2v) is 11.5. The van der Waals surface area contributed by atoms with Gasteiger partial charge in [-0.05, 0) is 60.2 Å². The van der Waals surface area contributed by atoms with Gasteiger partial charge in [0.15, 0.2) is 11.6 Å². The van der Waals surface area contributed by atoms with Crippen LogP contribution < -0.4 is 20.5 Å². The molecule has 0 radical (unpaired) electrons. The number of halogens is 4. The minimum atomic E-state index is -0.490. The molecule has 0 aliphatic carbocycles. The van der Waals surface area contributed by atoms with Crippen LogP contribution in [0.4, 0.5) is 15.9 Å². The largest absolute Gasteiger partial charge is 0.486 e. The minimum Gasteiger partial charge on any atom is -0.486 e. The Morgan fingerprint density at radius 3 is 2.57 bits per heavy atom. The van der Waals surface area contributed by atoms with Crippen molar-refractivity contribution in [2.45, 2.75) is 25.5 Å². The fraction of sp³-hybridized carbons (Fsp3) is 0.261. The number of hydrogen-bond acceptors (Lipinski definition) is 7. The van der Waals surface area contributed by atoms with Gasteiger partial charge in [0, 0.05) is 66.0 Å². The number of ether oxygens (including phenoxy) is 1. The zero-order valence-corrected chi connectivity index (χ0v) is 23.5. The standard InChI is InChI=1S/C23H23Cl2FIN6OP/c1-12(20-16(24)8-30-9-17(20)25)34-14-3-4-19(32-35-27)15(6-14)21(28)13-5-18(26)22(31-7-13)33-10-23(2,29)11-33/h3-9,12,28,32,35H,10-11,29H2,1-2H3/t12-/m1/s1. The quantitative estimate of drug-likeness (QED) is 0.149. The van der Waals surface area contributed by atoms with Crippen LogP contribution in [0.3, 0.4) is 0 Å². The molecule has 4 N–H and O–H groups in total. The molecule has 4 rings (SSSR count). The highest BCUT2D eigenvalue weighted by molar-refractivity contribution is 14.2. The van der Waals surface area contributed by atoms with Crippen molar-refractivity contribution in [1.82, 2.24) is 9.97 Å². The summed E-state index contributed by atoms with van der Waals surface area (Å²) < 4.78 is 21.0. The molecule has 1 fully saturated rings. The lowest BCUT2D eigenvalue weighted by atomic mass is 9.93. The Labute approximate surface area is 227 Å². The Balaban J connectivity index is 1.61. The Kier molecular flexibility index (Phi) is 8.02. The first-order chi connectivity index (χ1) is 16.6. The molecular weight excluding hydrogens is 624 g/mol. The van der Waals surface area contributed by atoms with Crippen molar-refractivity contribution in [2.75, 3.05) is 23.1 Å². The molecule has 0 saturated carbocycles. The SMILES string of the molecule is C[C@@H](Oc1ccc(NPI)c(C(=N)c2cnc(N3CC(C)(N)C3)c(F)c2)c1)c1c(Cl)cncc1Cl. The second-order valence-electron chi connectivity index (χ2n) is 8.62. The molecule has 12 heteroatoms. The Hall–Kier alpha value is -1.78. The van der Waals surface area contributed by atoms with Gasteiger partial charge in [-0.1, -0.05) is 23.2 Å². The maximum atomic E-state index is 14.9. The third-order valence-corrected chi connectivity index (χ3v) is 7.34. The smallest absolute Gasteiger partial charge is 0.166 e. The molecule has 7 nitrogen and oxygen atoms in total. The molecule has 0 spiro atoms. The van der Waals surface area contributed by atoms with E-state index < -0.39 is 11.9 Å². The van der Waals surface area contributed by atoms with E-state index in [9.17, 15) is 4.39 Å². The highest BCUT2D eigenvalue weighted by atomic mass is 127. The molecule has 1 unspecified atom stereocenters. The molecule has 0 amide bonds. The maximum Gasteiger partial charge on any atom is 0.166 e. The molecule has 1 aliphatic rings. The van der Waals surface area contributed by atoms with Crippen LogP contribution >= 0.6 is 51.6 Å². The van der Waals surface area contributed by atoms with E-state index in [0.717, 1.165) is 5.69 Å². The van der Waals surface area contributed by atoms with Crippen LogP contribution in [0.5, 0.6) is 5.75 Å². The van der Waals surface area contributed by atoms with Crippen LogP contribution in [0, 0.1) is 11.2 Å². The molecule has 3 aromatic rings. The van der Waals surface area contributed by atoms with E-state index in [1.807, 2.05) is 19.9 Å². The Morgan fingerprint density at radius 2 is 1.97 bits per heavy atom. The predicted octanol–water partition coefficient (Wildman–Crippen LogP) is 6.37. The number of nitrogens with zero attached hydrogens (tertiary/aromatic N) is 3. The van der Waals surface area contributed by atoms with Gasteiger partial charge in [0.2, 0.25) is 0 Å². The van der Waals surface area contributed by atoms with E-state index in [2.05, 4.69) is 37.1 Å². The van der Waals surface area contributed by atoms with Crippen molar-refractivity contribution in [3.63, 3.8) is 0 Å². The average molecular weight is 647 g/mol. The number of pyridine rings is 2. The molecule has 35 heavy (non-hydrogen) atoms. The summed E-state index contributed by atoms with van der Waals surface area (Å²) in [5.41, 5.74) is 8.07. The predicted molar refractivity (Wildman–Crippen MR) is 151 cm³/mol. The van der Waals surface area contributed by atoms with Crippen LogP contribution in [0.2, 0.25) is 10.0 Å². The fourth-order valence-corrected chi connectivity index (χ4v) is 5.83. The normalized spacial score (nSPS) is 15.7. The molecule has 2 aromatic heterocycles. The molecule has 2 atom stereocenters. The summed E-state index contributed by atoms with van der Waals surface area (Å²) in [6, 6.07) is 6.69. The van der Waals surface area contributed by atoms with E-state index in [1.54, 1.807) is 17.0 Å². The first-order valence-electron chi connectivity index (χ1n) is 10.6. The third kappa shape index (κ3) is 5.80.